The third-order valence-electron chi connectivity index (χ3n) is 11.0. The van der Waals surface area contributed by atoms with E-state index in [2.05, 4.69) is 0 Å². The van der Waals surface area contributed by atoms with Crippen LogP contribution in [-0.2, 0) is 21.7 Å². The van der Waals surface area contributed by atoms with Gasteiger partial charge in [-0.2, -0.15) is 0 Å². The van der Waals surface area contributed by atoms with Gasteiger partial charge >= 0.3 is 23.9 Å². The Hall–Kier alpha value is -5.24. The van der Waals surface area contributed by atoms with E-state index in [1.807, 2.05) is 24.3 Å². The quantitative estimate of drug-likeness (QED) is 0.167. The lowest BCUT2D eigenvalue weighted by Crippen LogP contribution is -2.67. The molecule has 4 N–H and O–H groups in total. The summed E-state index contributed by atoms with van der Waals surface area (Å²) in [7, 11) is 0. The number of aromatic carboxylic acids is 4. The Morgan fingerprint density at radius 3 is 0.696 bits per heavy atom. The average Bonchev–Trinajstić information content (AvgIpc) is 3.04. The van der Waals surface area contributed by atoms with Gasteiger partial charge in [0.05, 0.1) is 22.3 Å². The maximum absolute atomic E-state index is 12.8. The maximum Gasteiger partial charge on any atom is 0.335 e. The number of benzene rings is 4. The molecule has 0 unspecified atom stereocenters. The van der Waals surface area contributed by atoms with Crippen molar-refractivity contribution in [2.45, 2.75) is 60.2 Å². The molecule has 0 spiro atoms. The average molecular weight is 617 g/mol. The van der Waals surface area contributed by atoms with Crippen molar-refractivity contribution in [2.24, 2.45) is 0 Å². The highest BCUT2D eigenvalue weighted by Crippen LogP contribution is 2.75. The number of carboxylic acid groups (broad SMARTS) is 4. The molecule has 4 aliphatic rings. The molecule has 0 aliphatic heterocycles. The first-order chi connectivity index (χ1) is 21.9. The molecule has 4 saturated carbocycles. The minimum Gasteiger partial charge on any atom is -0.478 e. The highest BCUT2D eigenvalue weighted by atomic mass is 16.4. The third kappa shape index (κ3) is 4.20. The Kier molecular flexibility index (Phi) is 6.49. The van der Waals surface area contributed by atoms with Crippen molar-refractivity contribution in [1.29, 1.82) is 0 Å². The molecule has 4 aromatic carbocycles. The van der Waals surface area contributed by atoms with Crippen LogP contribution in [0, 0.1) is 0 Å². The van der Waals surface area contributed by atoms with Crippen LogP contribution in [0.1, 0.15) is 102 Å². The van der Waals surface area contributed by atoms with Crippen molar-refractivity contribution in [2.75, 3.05) is 0 Å². The molecule has 0 heterocycles. The van der Waals surface area contributed by atoms with Crippen LogP contribution in [0.3, 0.4) is 0 Å². The normalized spacial score (nSPS) is 27.7. The molecular weight excluding hydrogens is 584 g/mol. The number of hydrogen-bond acceptors (Lipinski definition) is 4. The van der Waals surface area contributed by atoms with Crippen molar-refractivity contribution >= 4 is 23.9 Å². The number of rotatable bonds is 8. The predicted octanol–water partition coefficient (Wildman–Crippen LogP) is 6.91. The van der Waals surface area contributed by atoms with Crippen LogP contribution in [0.25, 0.3) is 0 Å². The summed E-state index contributed by atoms with van der Waals surface area (Å²) in [6, 6.07) is 27.5. The standard InChI is InChI=1S/C38H32O8/c39-31(40)23-9-1-5-13-27(23)35-17-36(28-14-6-2-10-24(28)32(41)42)20-37(18-35,29-15-7-3-11-25(29)33(43)44)22-38(19-35,21-36)30-16-8-4-12-26(30)34(45)46/h1-16H,17-22H2,(H,39,40)(H,41,42)(H,43,44)(H,45,46). The van der Waals surface area contributed by atoms with Gasteiger partial charge in [0, 0.05) is 0 Å². The molecule has 4 fully saturated rings. The van der Waals surface area contributed by atoms with E-state index in [1.54, 1.807) is 72.8 Å². The first-order valence-corrected chi connectivity index (χ1v) is 15.3. The zero-order valence-corrected chi connectivity index (χ0v) is 24.9. The molecule has 0 radical (unpaired) electrons. The second kappa shape index (κ2) is 10.1. The van der Waals surface area contributed by atoms with E-state index < -0.39 is 45.5 Å². The van der Waals surface area contributed by atoms with Crippen molar-refractivity contribution in [3.8, 4) is 0 Å². The Morgan fingerprint density at radius 1 is 0.348 bits per heavy atom. The van der Waals surface area contributed by atoms with Gasteiger partial charge < -0.3 is 20.4 Å². The Labute approximate surface area is 265 Å². The van der Waals surface area contributed by atoms with Crippen molar-refractivity contribution in [1.82, 2.24) is 0 Å². The summed E-state index contributed by atoms with van der Waals surface area (Å²) in [6.45, 7) is 0. The summed E-state index contributed by atoms with van der Waals surface area (Å²) >= 11 is 0. The Morgan fingerprint density at radius 2 is 0.522 bits per heavy atom. The molecule has 8 rings (SSSR count). The highest BCUT2D eigenvalue weighted by Gasteiger charge is 2.70. The molecule has 0 aromatic heterocycles. The van der Waals surface area contributed by atoms with Gasteiger partial charge in [0.2, 0.25) is 0 Å². The minimum atomic E-state index is -1.09. The summed E-state index contributed by atoms with van der Waals surface area (Å²) < 4.78 is 0. The van der Waals surface area contributed by atoms with Crippen LogP contribution in [0.4, 0.5) is 0 Å². The van der Waals surface area contributed by atoms with Crippen LogP contribution >= 0.6 is 0 Å². The lowest BCUT2D eigenvalue weighted by Gasteiger charge is -2.72. The molecule has 0 amide bonds. The van der Waals surface area contributed by atoms with E-state index in [9.17, 15) is 39.6 Å². The van der Waals surface area contributed by atoms with Gasteiger partial charge in [-0.05, 0) is 107 Å². The molecule has 8 heteroatoms. The first kappa shape index (κ1) is 29.5. The molecule has 0 atom stereocenters. The molecule has 232 valence electrons. The smallest absolute Gasteiger partial charge is 0.335 e. The van der Waals surface area contributed by atoms with Gasteiger partial charge in [-0.1, -0.05) is 72.8 Å². The molecule has 46 heavy (non-hydrogen) atoms. The number of carboxylic acids is 4. The summed E-state index contributed by atoms with van der Waals surface area (Å²) in [4.78, 5) is 51.0. The lowest BCUT2D eigenvalue weighted by molar-refractivity contribution is -0.0703. The van der Waals surface area contributed by atoms with Gasteiger partial charge in [-0.3, -0.25) is 0 Å². The molecule has 4 bridgehead atoms. The van der Waals surface area contributed by atoms with E-state index in [-0.39, 0.29) is 22.3 Å². The van der Waals surface area contributed by atoms with E-state index >= 15 is 0 Å². The second-order valence-electron chi connectivity index (χ2n) is 13.6. The number of hydrogen-bond donors (Lipinski definition) is 4. The third-order valence-corrected chi connectivity index (χ3v) is 11.0. The van der Waals surface area contributed by atoms with Gasteiger partial charge in [-0.25, -0.2) is 19.2 Å². The molecule has 4 aliphatic carbocycles. The second-order valence-corrected chi connectivity index (χ2v) is 13.6. The zero-order chi connectivity index (χ0) is 32.5. The largest absolute Gasteiger partial charge is 0.478 e. The lowest BCUT2D eigenvalue weighted by atomic mass is 9.31. The first-order valence-electron chi connectivity index (χ1n) is 15.3. The van der Waals surface area contributed by atoms with Gasteiger partial charge in [0.1, 0.15) is 0 Å². The zero-order valence-electron chi connectivity index (χ0n) is 24.9. The fourth-order valence-corrected chi connectivity index (χ4v) is 10.3. The SMILES string of the molecule is O=C(O)c1ccccc1C12CC3(c4ccccc4C(=O)O)CC(c4ccccc4C(=O)O)(C1)CC(c1ccccc1C(=O)O)(C2)C3. The summed E-state index contributed by atoms with van der Waals surface area (Å²) in [5.41, 5.74) is -0.464. The topological polar surface area (TPSA) is 149 Å². The van der Waals surface area contributed by atoms with Gasteiger partial charge in [0.15, 0.2) is 0 Å². The molecule has 8 nitrogen and oxygen atoms in total. The van der Waals surface area contributed by atoms with Crippen LogP contribution in [-0.4, -0.2) is 44.3 Å². The van der Waals surface area contributed by atoms with E-state index in [0.717, 1.165) is 0 Å². The minimum absolute atomic E-state index is 0.134. The number of carbonyl (C=O) groups is 4. The highest BCUT2D eigenvalue weighted by molar-refractivity contribution is 5.93. The fourth-order valence-electron chi connectivity index (χ4n) is 10.3. The monoisotopic (exact) mass is 616 g/mol. The molecule has 4 aromatic rings. The Bertz CT molecular complexity index is 1640. The molecular formula is C38H32O8. The van der Waals surface area contributed by atoms with Crippen LogP contribution in [0.15, 0.2) is 97.1 Å². The van der Waals surface area contributed by atoms with E-state index in [0.29, 0.717) is 60.8 Å². The van der Waals surface area contributed by atoms with Crippen molar-refractivity contribution < 1.29 is 39.6 Å². The van der Waals surface area contributed by atoms with E-state index in [4.69, 9.17) is 0 Å². The summed E-state index contributed by atoms with van der Waals surface area (Å²) in [5.74, 6) is -4.37. The van der Waals surface area contributed by atoms with Gasteiger partial charge in [0.25, 0.3) is 0 Å². The summed E-state index contributed by atoms with van der Waals surface area (Å²) in [5, 5.41) is 41.7. The van der Waals surface area contributed by atoms with Crippen molar-refractivity contribution in [3.63, 3.8) is 0 Å². The van der Waals surface area contributed by atoms with E-state index in [1.165, 1.54) is 0 Å². The maximum atomic E-state index is 12.8. The van der Waals surface area contributed by atoms with Gasteiger partial charge in [-0.15, -0.1) is 0 Å². The van der Waals surface area contributed by atoms with Crippen LogP contribution < -0.4 is 0 Å². The van der Waals surface area contributed by atoms with Crippen LogP contribution in [0.5, 0.6) is 0 Å². The molecule has 0 saturated heterocycles. The van der Waals surface area contributed by atoms with Crippen LogP contribution in [0.2, 0.25) is 0 Å². The Balaban J connectivity index is 1.63. The predicted molar refractivity (Wildman–Crippen MR) is 168 cm³/mol. The fraction of sp³-hybridized carbons (Fsp3) is 0.263. The van der Waals surface area contributed by atoms with Crippen molar-refractivity contribution in [3.05, 3.63) is 142 Å². The summed E-state index contributed by atoms with van der Waals surface area (Å²) in [6.07, 6.45) is 2.60.